The number of nitrogens with one attached hydrogen (secondary N) is 1. The smallest absolute Gasteiger partial charge is 0.153 e. The molecule has 2 aromatic rings. The van der Waals surface area contributed by atoms with E-state index in [2.05, 4.69) is 21.6 Å². The highest BCUT2D eigenvalue weighted by molar-refractivity contribution is 5.92. The minimum absolute atomic E-state index is 0.460. The van der Waals surface area contributed by atoms with E-state index in [1.54, 1.807) is 0 Å². The van der Waals surface area contributed by atoms with Crippen molar-refractivity contribution in [2.24, 2.45) is 0 Å². The van der Waals surface area contributed by atoms with Gasteiger partial charge in [-0.3, -0.25) is 0 Å². The maximum atomic E-state index is 5.87. The van der Waals surface area contributed by atoms with Gasteiger partial charge in [-0.25, -0.2) is 0 Å². The molecule has 88 valence electrons. The highest BCUT2D eigenvalue weighted by Crippen LogP contribution is 2.29. The maximum Gasteiger partial charge on any atom is 0.153 e. The first kappa shape index (κ1) is 10.5. The van der Waals surface area contributed by atoms with Gasteiger partial charge in [0.05, 0.1) is 5.69 Å². The van der Waals surface area contributed by atoms with Crippen LogP contribution < -0.4 is 11.1 Å². The van der Waals surface area contributed by atoms with Gasteiger partial charge in [0.1, 0.15) is 0 Å². The van der Waals surface area contributed by atoms with Crippen molar-refractivity contribution < 1.29 is 0 Å². The second-order valence-electron chi connectivity index (χ2n) is 4.56. The fourth-order valence-corrected chi connectivity index (χ4v) is 2.53. The molecule has 1 fully saturated rings. The molecule has 0 radical (unpaired) electrons. The predicted octanol–water partition coefficient (Wildman–Crippen LogP) is 1.68. The molecular weight excluding hydrogens is 212 g/mol. The number of fused-ring (bicyclic) bond motifs is 1. The minimum Gasteiger partial charge on any atom is -0.382 e. The average molecular weight is 228 g/mol. The van der Waals surface area contributed by atoms with Gasteiger partial charge in [-0.15, -0.1) is 5.10 Å². The van der Waals surface area contributed by atoms with Crippen LogP contribution in [0.25, 0.3) is 10.8 Å². The summed E-state index contributed by atoms with van der Waals surface area (Å²) >= 11 is 0. The largest absolute Gasteiger partial charge is 0.382 e. The van der Waals surface area contributed by atoms with Crippen molar-refractivity contribution in [3.8, 4) is 0 Å². The quantitative estimate of drug-likeness (QED) is 0.779. The normalized spacial score (nSPS) is 20.6. The summed E-state index contributed by atoms with van der Waals surface area (Å²) in [6, 6.07) is 8.12. The molecular formula is C13H16N4. The SMILES string of the molecule is Nc1nnc(C2CCCNC2)c2ccccc12. The van der Waals surface area contributed by atoms with Crippen LogP contribution in [0, 0.1) is 0 Å². The number of hydrogen-bond donors (Lipinski definition) is 2. The molecule has 1 unspecified atom stereocenters. The molecule has 0 aliphatic carbocycles. The number of nitrogen functional groups attached to an aromatic ring is 1. The number of hydrogen-bond acceptors (Lipinski definition) is 4. The molecule has 4 nitrogen and oxygen atoms in total. The Morgan fingerprint density at radius 1 is 1.18 bits per heavy atom. The predicted molar refractivity (Wildman–Crippen MR) is 68.8 cm³/mol. The third-order valence-corrected chi connectivity index (χ3v) is 3.43. The Balaban J connectivity index is 2.12. The standard InChI is InChI=1S/C13H16N4/c14-13-11-6-2-1-5-10(11)12(16-17-13)9-4-3-7-15-8-9/h1-2,5-6,9,15H,3-4,7-8H2,(H2,14,17). The Bertz CT molecular complexity index is 532. The van der Waals surface area contributed by atoms with Gasteiger partial charge < -0.3 is 11.1 Å². The summed E-state index contributed by atoms with van der Waals surface area (Å²) in [4.78, 5) is 0. The first-order chi connectivity index (χ1) is 8.36. The zero-order valence-corrected chi connectivity index (χ0v) is 9.69. The molecule has 1 atom stereocenters. The summed E-state index contributed by atoms with van der Waals surface area (Å²) in [5.41, 5.74) is 6.95. The first-order valence-electron chi connectivity index (χ1n) is 6.08. The number of rotatable bonds is 1. The van der Waals surface area contributed by atoms with Crippen LogP contribution in [-0.2, 0) is 0 Å². The fraction of sp³-hybridized carbons (Fsp3) is 0.385. The van der Waals surface area contributed by atoms with Crippen molar-refractivity contribution in [3.63, 3.8) is 0 Å². The third kappa shape index (κ3) is 1.85. The zero-order chi connectivity index (χ0) is 11.7. The minimum atomic E-state index is 0.460. The van der Waals surface area contributed by atoms with E-state index in [0.717, 1.165) is 29.6 Å². The van der Waals surface area contributed by atoms with E-state index in [4.69, 9.17) is 5.73 Å². The molecule has 1 aromatic heterocycles. The van der Waals surface area contributed by atoms with Crippen LogP contribution >= 0.6 is 0 Å². The van der Waals surface area contributed by atoms with Crippen LogP contribution in [0.2, 0.25) is 0 Å². The molecule has 4 heteroatoms. The van der Waals surface area contributed by atoms with E-state index < -0.39 is 0 Å². The maximum absolute atomic E-state index is 5.87. The topological polar surface area (TPSA) is 63.8 Å². The summed E-state index contributed by atoms with van der Waals surface area (Å²) in [5, 5.41) is 14.0. The number of anilines is 1. The zero-order valence-electron chi connectivity index (χ0n) is 9.69. The number of aromatic nitrogens is 2. The van der Waals surface area contributed by atoms with E-state index in [-0.39, 0.29) is 0 Å². The average Bonchev–Trinajstić information content (AvgIpc) is 2.41. The van der Waals surface area contributed by atoms with Crippen LogP contribution in [0.5, 0.6) is 0 Å². The summed E-state index contributed by atoms with van der Waals surface area (Å²) < 4.78 is 0. The van der Waals surface area contributed by atoms with Crippen molar-refractivity contribution in [2.45, 2.75) is 18.8 Å². The molecule has 0 spiro atoms. The summed E-state index contributed by atoms with van der Waals surface area (Å²) in [6.07, 6.45) is 2.38. The van der Waals surface area contributed by atoms with Crippen molar-refractivity contribution >= 4 is 16.6 Å². The van der Waals surface area contributed by atoms with E-state index in [9.17, 15) is 0 Å². The van der Waals surface area contributed by atoms with Gasteiger partial charge >= 0.3 is 0 Å². The van der Waals surface area contributed by atoms with Gasteiger partial charge in [0.15, 0.2) is 5.82 Å². The lowest BCUT2D eigenvalue weighted by Gasteiger charge is -2.23. The fourth-order valence-electron chi connectivity index (χ4n) is 2.53. The Hall–Kier alpha value is -1.68. The van der Waals surface area contributed by atoms with Crippen molar-refractivity contribution in [3.05, 3.63) is 30.0 Å². The summed E-state index contributed by atoms with van der Waals surface area (Å²) in [6.45, 7) is 2.10. The van der Waals surface area contributed by atoms with Gasteiger partial charge in [-0.05, 0) is 19.4 Å². The Labute approximate surface area is 100 Å². The Morgan fingerprint density at radius 3 is 2.76 bits per heavy atom. The molecule has 2 heterocycles. The van der Waals surface area contributed by atoms with E-state index in [1.165, 1.54) is 12.8 Å². The second kappa shape index (κ2) is 4.30. The molecule has 0 amide bonds. The molecule has 1 saturated heterocycles. The molecule has 1 aromatic carbocycles. The molecule has 3 rings (SSSR count). The van der Waals surface area contributed by atoms with Crippen LogP contribution in [0.1, 0.15) is 24.5 Å². The number of nitrogens with two attached hydrogens (primary N) is 1. The third-order valence-electron chi connectivity index (χ3n) is 3.43. The van der Waals surface area contributed by atoms with Gasteiger partial charge in [-0.1, -0.05) is 24.3 Å². The van der Waals surface area contributed by atoms with Crippen molar-refractivity contribution in [1.82, 2.24) is 15.5 Å². The first-order valence-corrected chi connectivity index (χ1v) is 6.08. The van der Waals surface area contributed by atoms with Crippen molar-refractivity contribution in [2.75, 3.05) is 18.8 Å². The molecule has 0 saturated carbocycles. The number of nitrogens with zero attached hydrogens (tertiary/aromatic N) is 2. The van der Waals surface area contributed by atoms with Crippen molar-refractivity contribution in [1.29, 1.82) is 0 Å². The highest BCUT2D eigenvalue weighted by atomic mass is 15.1. The lowest BCUT2D eigenvalue weighted by molar-refractivity contribution is 0.454. The molecule has 3 N–H and O–H groups in total. The summed E-state index contributed by atoms with van der Waals surface area (Å²) in [7, 11) is 0. The molecule has 1 aliphatic heterocycles. The van der Waals surface area contributed by atoms with E-state index >= 15 is 0 Å². The van der Waals surface area contributed by atoms with Gasteiger partial charge in [0.25, 0.3) is 0 Å². The van der Waals surface area contributed by atoms with E-state index in [0.29, 0.717) is 11.7 Å². The second-order valence-corrected chi connectivity index (χ2v) is 4.56. The molecule has 1 aliphatic rings. The van der Waals surface area contributed by atoms with E-state index in [1.807, 2.05) is 18.2 Å². The lowest BCUT2D eigenvalue weighted by atomic mass is 9.93. The Kier molecular flexibility index (Phi) is 2.65. The molecule has 17 heavy (non-hydrogen) atoms. The number of benzene rings is 1. The van der Waals surface area contributed by atoms with Gasteiger partial charge in [0.2, 0.25) is 0 Å². The van der Waals surface area contributed by atoms with Crippen LogP contribution in [0.3, 0.4) is 0 Å². The number of piperidine rings is 1. The van der Waals surface area contributed by atoms with Crippen LogP contribution in [0.15, 0.2) is 24.3 Å². The molecule has 0 bridgehead atoms. The lowest BCUT2D eigenvalue weighted by Crippen LogP contribution is -2.29. The highest BCUT2D eigenvalue weighted by Gasteiger charge is 2.19. The Morgan fingerprint density at radius 2 is 2.00 bits per heavy atom. The van der Waals surface area contributed by atoms with Gasteiger partial charge in [-0.2, -0.15) is 5.10 Å². The van der Waals surface area contributed by atoms with Gasteiger partial charge in [0, 0.05) is 23.2 Å². The monoisotopic (exact) mass is 228 g/mol. The van der Waals surface area contributed by atoms with Crippen LogP contribution in [-0.4, -0.2) is 23.3 Å². The summed E-state index contributed by atoms with van der Waals surface area (Å²) in [5.74, 6) is 0.981. The van der Waals surface area contributed by atoms with Crippen LogP contribution in [0.4, 0.5) is 5.82 Å².